The van der Waals surface area contributed by atoms with Crippen molar-refractivity contribution in [3.8, 4) is 11.3 Å². The number of rotatable bonds is 6. The zero-order chi connectivity index (χ0) is 21.0. The van der Waals surface area contributed by atoms with Crippen LogP contribution in [0.4, 0.5) is 11.5 Å². The number of hydrogen-bond donors (Lipinski definition) is 2. The number of fused-ring (bicyclic) bond motifs is 1. The second-order valence-corrected chi connectivity index (χ2v) is 8.22. The zero-order valence-electron chi connectivity index (χ0n) is 17.6. The Morgan fingerprint density at radius 3 is 2.65 bits per heavy atom. The van der Waals surface area contributed by atoms with Gasteiger partial charge in [-0.1, -0.05) is 18.2 Å². The van der Waals surface area contributed by atoms with E-state index >= 15 is 0 Å². The summed E-state index contributed by atoms with van der Waals surface area (Å²) in [5, 5.41) is 5.58. The lowest BCUT2D eigenvalue weighted by atomic mass is 10.1. The van der Waals surface area contributed by atoms with Gasteiger partial charge in [-0.15, -0.1) is 0 Å². The fourth-order valence-corrected chi connectivity index (χ4v) is 4.29. The Morgan fingerprint density at radius 2 is 1.74 bits per heavy atom. The molecule has 1 aliphatic rings. The van der Waals surface area contributed by atoms with E-state index < -0.39 is 0 Å². The first-order chi connectivity index (χ1) is 15.2. The highest BCUT2D eigenvalue weighted by Gasteiger charge is 2.12. The number of nitrogens with two attached hydrogens (primary N) is 1. The van der Waals surface area contributed by atoms with Gasteiger partial charge in [0.15, 0.2) is 0 Å². The van der Waals surface area contributed by atoms with E-state index in [2.05, 4.69) is 62.6 Å². The minimum Gasteiger partial charge on any atom is -0.383 e. The van der Waals surface area contributed by atoms with Crippen molar-refractivity contribution < 1.29 is 0 Å². The third-order valence-electron chi connectivity index (χ3n) is 5.94. The van der Waals surface area contributed by atoms with Crippen molar-refractivity contribution >= 4 is 22.3 Å². The van der Waals surface area contributed by atoms with Gasteiger partial charge in [0, 0.05) is 42.1 Å². The number of pyridine rings is 2. The fraction of sp³-hybridized carbons (Fsp3) is 0.231. The molecule has 156 valence electrons. The molecule has 4 aromatic rings. The van der Waals surface area contributed by atoms with Gasteiger partial charge in [-0.3, -0.25) is 9.88 Å². The van der Waals surface area contributed by atoms with Gasteiger partial charge in [-0.2, -0.15) is 0 Å². The number of hydrogen-bond acceptors (Lipinski definition) is 5. The van der Waals surface area contributed by atoms with Crippen molar-refractivity contribution in [2.75, 3.05) is 24.1 Å². The lowest BCUT2D eigenvalue weighted by molar-refractivity contribution is 0.331. The molecule has 0 amide bonds. The molecule has 0 atom stereocenters. The molecule has 2 aromatic carbocycles. The summed E-state index contributed by atoms with van der Waals surface area (Å²) >= 11 is 0. The van der Waals surface area contributed by atoms with Crippen LogP contribution < -0.4 is 11.1 Å². The zero-order valence-corrected chi connectivity index (χ0v) is 17.6. The first kappa shape index (κ1) is 19.5. The number of aromatic nitrogens is 2. The summed E-state index contributed by atoms with van der Waals surface area (Å²) in [6, 6.07) is 21.2. The normalized spacial score (nSPS) is 14.2. The monoisotopic (exact) mass is 409 g/mol. The maximum atomic E-state index is 5.96. The number of benzene rings is 2. The molecule has 5 rings (SSSR count). The van der Waals surface area contributed by atoms with Crippen LogP contribution in [-0.2, 0) is 13.1 Å². The first-order valence-electron chi connectivity index (χ1n) is 10.9. The van der Waals surface area contributed by atoms with Crippen molar-refractivity contribution in [3.05, 3.63) is 84.2 Å². The summed E-state index contributed by atoms with van der Waals surface area (Å²) in [4.78, 5) is 11.3. The Labute approximate surface area is 182 Å². The molecule has 1 aliphatic heterocycles. The second-order valence-electron chi connectivity index (χ2n) is 8.22. The maximum Gasteiger partial charge on any atom is 0.131 e. The predicted molar refractivity (Wildman–Crippen MR) is 128 cm³/mol. The van der Waals surface area contributed by atoms with Crippen LogP contribution in [0, 0.1) is 0 Å². The topological polar surface area (TPSA) is 67.1 Å². The third-order valence-corrected chi connectivity index (χ3v) is 5.94. The van der Waals surface area contributed by atoms with E-state index in [9.17, 15) is 0 Å². The second kappa shape index (κ2) is 8.74. The van der Waals surface area contributed by atoms with Gasteiger partial charge in [-0.05, 0) is 84.9 Å². The number of likely N-dealkylation sites (tertiary alicyclic amines) is 1. The number of nitrogens with zero attached hydrogens (tertiary/aromatic N) is 3. The smallest absolute Gasteiger partial charge is 0.131 e. The van der Waals surface area contributed by atoms with Crippen LogP contribution in [0.3, 0.4) is 0 Å². The van der Waals surface area contributed by atoms with Crippen molar-refractivity contribution in [1.82, 2.24) is 14.9 Å². The fourth-order valence-electron chi connectivity index (χ4n) is 4.29. The molecule has 1 fully saturated rings. The van der Waals surface area contributed by atoms with Crippen LogP contribution in [0.15, 0.2) is 73.1 Å². The van der Waals surface area contributed by atoms with Gasteiger partial charge in [-0.25, -0.2) is 4.98 Å². The summed E-state index contributed by atoms with van der Waals surface area (Å²) in [5.74, 6) is 0.565. The Kier molecular flexibility index (Phi) is 5.50. The molecule has 0 radical (unpaired) electrons. The molecule has 5 nitrogen and oxygen atoms in total. The van der Waals surface area contributed by atoms with E-state index in [1.165, 1.54) is 42.6 Å². The highest BCUT2D eigenvalue weighted by Crippen LogP contribution is 2.24. The third kappa shape index (κ3) is 4.52. The molecule has 5 heteroatoms. The molecule has 0 aliphatic carbocycles. The van der Waals surface area contributed by atoms with E-state index in [-0.39, 0.29) is 0 Å². The molecule has 2 aromatic heterocycles. The average molecular weight is 410 g/mol. The number of nitrogens with one attached hydrogen (secondary N) is 1. The molecular formula is C26H27N5. The summed E-state index contributed by atoms with van der Waals surface area (Å²) in [7, 11) is 0. The van der Waals surface area contributed by atoms with Crippen molar-refractivity contribution in [3.63, 3.8) is 0 Å². The van der Waals surface area contributed by atoms with Crippen LogP contribution in [0.5, 0.6) is 0 Å². The molecule has 0 saturated carbocycles. The number of anilines is 2. The quantitative estimate of drug-likeness (QED) is 0.464. The van der Waals surface area contributed by atoms with Crippen LogP contribution in [0.2, 0.25) is 0 Å². The summed E-state index contributed by atoms with van der Waals surface area (Å²) in [5.41, 5.74) is 11.8. The summed E-state index contributed by atoms with van der Waals surface area (Å²) in [6.45, 7) is 4.18. The Morgan fingerprint density at radius 1 is 0.871 bits per heavy atom. The van der Waals surface area contributed by atoms with Crippen molar-refractivity contribution in [2.45, 2.75) is 25.9 Å². The molecule has 0 spiro atoms. The predicted octanol–water partition coefficient (Wildman–Crippen LogP) is 5.09. The molecule has 3 heterocycles. The minimum atomic E-state index is 0.565. The first-order valence-corrected chi connectivity index (χ1v) is 10.9. The lowest BCUT2D eigenvalue weighted by Crippen LogP contribution is -2.18. The van der Waals surface area contributed by atoms with E-state index in [0.29, 0.717) is 5.82 Å². The van der Waals surface area contributed by atoms with Gasteiger partial charge in [0.25, 0.3) is 0 Å². The highest BCUT2D eigenvalue weighted by atomic mass is 15.1. The van der Waals surface area contributed by atoms with E-state index in [1.54, 1.807) is 6.20 Å². The van der Waals surface area contributed by atoms with Gasteiger partial charge in [0.05, 0.1) is 5.69 Å². The molecule has 31 heavy (non-hydrogen) atoms. The van der Waals surface area contributed by atoms with Gasteiger partial charge in [0.2, 0.25) is 0 Å². The average Bonchev–Trinajstić information content (AvgIpc) is 3.31. The van der Waals surface area contributed by atoms with Crippen molar-refractivity contribution in [1.29, 1.82) is 0 Å². The molecule has 1 saturated heterocycles. The largest absolute Gasteiger partial charge is 0.383 e. The van der Waals surface area contributed by atoms with Gasteiger partial charge < -0.3 is 11.1 Å². The maximum absolute atomic E-state index is 5.96. The minimum absolute atomic E-state index is 0.565. The van der Waals surface area contributed by atoms with Crippen LogP contribution in [0.1, 0.15) is 24.0 Å². The van der Waals surface area contributed by atoms with Crippen LogP contribution in [-0.4, -0.2) is 28.0 Å². The Balaban J connectivity index is 1.30. The molecule has 3 N–H and O–H groups in total. The van der Waals surface area contributed by atoms with E-state index in [0.717, 1.165) is 35.2 Å². The number of nitrogen functional groups attached to an aromatic ring is 1. The molecular weight excluding hydrogens is 382 g/mol. The Hall–Kier alpha value is -3.44. The van der Waals surface area contributed by atoms with E-state index in [1.807, 2.05) is 24.4 Å². The van der Waals surface area contributed by atoms with Crippen LogP contribution in [0.25, 0.3) is 22.0 Å². The SMILES string of the molecule is Nc1nccc2cc(NCc3ccnc(-c4cccc(CN5CCCC5)c4)c3)ccc12. The Bertz CT molecular complexity index is 1200. The molecule has 0 bridgehead atoms. The summed E-state index contributed by atoms with van der Waals surface area (Å²) in [6.07, 6.45) is 6.27. The highest BCUT2D eigenvalue weighted by molar-refractivity contribution is 5.92. The standard InChI is InChI=1S/C26H27N5/c27-26-24-7-6-23(16-21(24)9-11-29-26)30-17-19-8-10-28-25(15-19)22-5-3-4-20(14-22)18-31-12-1-2-13-31/h3-11,14-16,30H,1-2,12-13,17-18H2,(H2,27,29). The van der Waals surface area contributed by atoms with E-state index in [4.69, 9.17) is 5.73 Å². The molecule has 0 unspecified atom stereocenters. The van der Waals surface area contributed by atoms with Crippen molar-refractivity contribution in [2.24, 2.45) is 0 Å². The van der Waals surface area contributed by atoms with Gasteiger partial charge in [0.1, 0.15) is 5.82 Å². The van der Waals surface area contributed by atoms with Gasteiger partial charge >= 0.3 is 0 Å². The summed E-state index contributed by atoms with van der Waals surface area (Å²) < 4.78 is 0. The lowest BCUT2D eigenvalue weighted by Gasteiger charge is -2.15. The van der Waals surface area contributed by atoms with Crippen LogP contribution >= 0.6 is 0 Å².